The topological polar surface area (TPSA) is 586 Å². The monoisotopic (exact) mass is 2070 g/mol. The highest BCUT2D eigenvalue weighted by Crippen LogP contribution is 2.65. The van der Waals surface area contributed by atoms with E-state index in [1.54, 1.807) is 116 Å². The predicted octanol–water partition coefficient (Wildman–Crippen LogP) is 5.63. The van der Waals surface area contributed by atoms with E-state index in [1.807, 2.05) is 18.2 Å². The highest BCUT2D eigenvalue weighted by atomic mass is 16.7. The van der Waals surface area contributed by atoms with E-state index in [9.17, 15) is 93.3 Å². The summed E-state index contributed by atoms with van der Waals surface area (Å²) in [6.45, 7) is 9.21. The Morgan fingerprint density at radius 3 is 1.89 bits per heavy atom. The van der Waals surface area contributed by atoms with Gasteiger partial charge in [0.25, 0.3) is 0 Å². The fourth-order valence-corrected chi connectivity index (χ4v) is 20.5. The van der Waals surface area contributed by atoms with Crippen LogP contribution in [-0.4, -0.2) is 322 Å². The van der Waals surface area contributed by atoms with Crippen LogP contribution in [0.3, 0.4) is 0 Å². The molecule has 10 N–H and O–H groups in total. The molecule has 810 valence electrons. The van der Waals surface area contributed by atoms with Gasteiger partial charge in [-0.2, -0.15) is 0 Å². The Morgan fingerprint density at radius 2 is 1.24 bits per heavy atom. The van der Waals surface area contributed by atoms with E-state index in [0.717, 1.165) is 19.4 Å². The molecule has 2 bridgehead atoms. The number of nitrogens with one attached hydrogen (secondary N) is 3. The van der Waals surface area contributed by atoms with Crippen molar-refractivity contribution in [1.29, 1.82) is 0 Å². The number of rotatable bonds is 55. The number of carbonyl (C=O) groups is 14. The van der Waals surface area contributed by atoms with Gasteiger partial charge in [0.15, 0.2) is 53.5 Å². The Morgan fingerprint density at radius 1 is 0.615 bits per heavy atom. The highest BCUT2D eigenvalue weighted by Gasteiger charge is 2.79. The molecule has 4 aromatic carbocycles. The van der Waals surface area contributed by atoms with Crippen molar-refractivity contribution in [1.82, 2.24) is 30.9 Å². The van der Waals surface area contributed by atoms with Crippen molar-refractivity contribution in [3.63, 3.8) is 0 Å². The number of esters is 7. The number of hydrogen-bond donors (Lipinski definition) is 10. The van der Waals surface area contributed by atoms with Crippen LogP contribution in [0, 0.1) is 22.7 Å². The number of alkyl carbamates (subject to hydrolysis) is 1. The fourth-order valence-electron chi connectivity index (χ4n) is 20.5. The maximum atomic E-state index is 16.0. The minimum absolute atomic E-state index is 0.00731. The summed E-state index contributed by atoms with van der Waals surface area (Å²) in [5, 5.41) is 96.8. The molecule has 2 saturated carbocycles. The number of carbonyl (C=O) groups excluding carboxylic acids is 14. The van der Waals surface area contributed by atoms with Crippen molar-refractivity contribution in [2.45, 2.75) is 318 Å². The standard InChI is InChI=1S/C106H140N6O36/c1-11-137-96(128)68(42-30-31-48-107-102(132)146-92-86(123)78(143-100(135-10)89(92)126)58-139-101-88(125)87(124)85(122)77(144-101)57-134-9)51-75(117)73(50-64-34-19-13-20-35-64)109-82(120)47-33-43-69-55-112(111-110-69)49-32-18-29-46-81(119)108-72(98(130)138-12-2)45-28-17-27-44-70(115)56-136-59-83(121)145-90(71(65-36-21-14-22-37-65)52-74(116)66-38-23-15-24-39-66)99(131)142-76-54-106(133)95(147-97(129)67-40-25-16-26-41-67)93-104(8,79(118)53-80-105(93,60-140-80)148-63(5)114)94(127)91(141-62(4)113)84(61(76)3)103(106,6)7/h13-16,19-26,34-41,55,68,71-73,76-80,85-93,95,100-101,118,122-126,133H,11-12,17-18,27-33,42-54,56-60H2,1-10H3,(H,107,132)(H,108,119)(H,109,120)/t68-,71+,72+,73-,76+,77?,78?,79+,80-,85-,86-,87+,88?,89?,90-,91-,92+,93+,95+,100+,101-,104-,105+,106-/m1/s1. The third-order valence-corrected chi connectivity index (χ3v) is 28.4. The van der Waals surface area contributed by atoms with Gasteiger partial charge >= 0.3 is 47.9 Å². The maximum Gasteiger partial charge on any atom is 0.407 e. The number of aromatic nitrogens is 3. The largest absolute Gasteiger partial charge is 0.466 e. The zero-order chi connectivity index (χ0) is 107. The molecule has 24 atom stereocenters. The Hall–Kier alpha value is -11.6. The van der Waals surface area contributed by atoms with Gasteiger partial charge < -0.3 is 123 Å². The molecule has 42 heteroatoms. The summed E-state index contributed by atoms with van der Waals surface area (Å²) in [6.07, 6.45) is -22.2. The molecule has 3 aliphatic carbocycles. The third-order valence-electron chi connectivity index (χ3n) is 28.4. The number of methoxy groups -OCH3 is 2. The van der Waals surface area contributed by atoms with E-state index in [2.05, 4.69) is 26.3 Å². The van der Waals surface area contributed by atoms with E-state index in [-0.39, 0.29) is 112 Å². The second kappa shape index (κ2) is 54.7. The summed E-state index contributed by atoms with van der Waals surface area (Å²) in [6, 6.07) is 30.9. The second-order valence-electron chi connectivity index (χ2n) is 39.0. The molecule has 11 rings (SSSR count). The number of amides is 3. The Bertz CT molecular complexity index is 5340. The van der Waals surface area contributed by atoms with Gasteiger partial charge in [0.2, 0.25) is 17.9 Å². The van der Waals surface area contributed by atoms with Crippen LogP contribution < -0.4 is 16.0 Å². The van der Waals surface area contributed by atoms with Crippen molar-refractivity contribution in [2.24, 2.45) is 22.7 Å². The van der Waals surface area contributed by atoms with Crippen molar-refractivity contribution >= 4 is 82.8 Å². The molecule has 5 fully saturated rings. The van der Waals surface area contributed by atoms with E-state index in [0.29, 0.717) is 75.6 Å². The number of nitrogens with zero attached hydrogens (tertiary/aromatic N) is 3. The van der Waals surface area contributed by atoms with Crippen molar-refractivity contribution < 1.29 is 174 Å². The SMILES string of the molecule is CCOC(=O)[C@H](CCCCNC(=O)O[C@@H]1C(O)[C@@H](OC)OC(CO[C@@H]2OC(COC)[C@@H](O)[C@H](O)C2O)[C@H]1O)CC(=O)[C@@H](Cc1ccccc1)NC(=O)CCCc1cn(CCCCCC(=O)N[C@@H](CCCCCC(=O)COCC(=O)O[C@@H](C(=O)O[C@H]2C[C@@]3(O)[C@@H](OC(=O)c4ccccc4)[C@@H]4[C@]5(OC(C)=O)CO[C@@H]5C[C@H](O)[C@@]4(C)C(=O)[C@H](OC(C)=O)C(=C2C)C3(C)C)[C@@H](CC(=O)c2ccccc2)c2ccccc2)C(=O)OCC)nn1. The quantitative estimate of drug-likeness (QED) is 0.00741. The minimum atomic E-state index is -2.57. The zero-order valence-corrected chi connectivity index (χ0v) is 85.1. The van der Waals surface area contributed by atoms with Gasteiger partial charge in [-0.15, -0.1) is 5.10 Å². The summed E-state index contributed by atoms with van der Waals surface area (Å²) < 4.78 is 87.8. The van der Waals surface area contributed by atoms with Gasteiger partial charge in [-0.3, -0.25) is 47.8 Å². The molecule has 1 aromatic heterocycles. The molecule has 5 aromatic rings. The first kappa shape index (κ1) is 117. The van der Waals surface area contributed by atoms with E-state index >= 15 is 9.59 Å². The highest BCUT2D eigenvalue weighted by molar-refractivity contribution is 5.98. The molecule has 6 aliphatic rings. The smallest absolute Gasteiger partial charge is 0.407 e. The lowest BCUT2D eigenvalue weighted by Crippen LogP contribution is -2.82. The summed E-state index contributed by atoms with van der Waals surface area (Å²) >= 11 is 0. The van der Waals surface area contributed by atoms with E-state index < -0.39 is 266 Å². The second-order valence-corrected chi connectivity index (χ2v) is 39.0. The number of ether oxygens (including phenoxy) is 15. The number of aryl methyl sites for hydroxylation is 2. The van der Waals surface area contributed by atoms with Crippen LogP contribution in [0.2, 0.25) is 0 Å². The number of Topliss-reactive ketones (excluding diaryl/α,β-unsaturated/α-hetero) is 4. The first-order valence-corrected chi connectivity index (χ1v) is 50.4. The van der Waals surface area contributed by atoms with E-state index in [1.165, 1.54) is 54.0 Å². The summed E-state index contributed by atoms with van der Waals surface area (Å²) in [4.78, 5) is 197. The van der Waals surface area contributed by atoms with Gasteiger partial charge in [-0.1, -0.05) is 154 Å². The molecule has 3 amide bonds. The molecule has 3 saturated heterocycles. The lowest BCUT2D eigenvalue weighted by atomic mass is 9.44. The number of ketones is 4. The average Bonchev–Trinajstić information content (AvgIpc) is 0.669. The molecule has 0 spiro atoms. The van der Waals surface area contributed by atoms with Crippen molar-refractivity contribution in [2.75, 3.05) is 67.0 Å². The third kappa shape index (κ3) is 29.6. The molecule has 4 heterocycles. The van der Waals surface area contributed by atoms with Crippen molar-refractivity contribution in [3.05, 3.63) is 167 Å². The predicted molar refractivity (Wildman–Crippen MR) is 518 cm³/mol. The zero-order valence-electron chi connectivity index (χ0n) is 85.1. The number of hydrogen-bond acceptors (Lipinski definition) is 38. The lowest BCUT2D eigenvalue weighted by Gasteiger charge is -2.67. The van der Waals surface area contributed by atoms with Crippen LogP contribution in [0.5, 0.6) is 0 Å². The Kier molecular flexibility index (Phi) is 43.1. The Labute approximate surface area is 857 Å². The number of aliphatic hydroxyl groups is 7. The summed E-state index contributed by atoms with van der Waals surface area (Å²) in [5.41, 5.74) is -6.61. The average molecular weight is 2070 g/mol. The minimum Gasteiger partial charge on any atom is -0.466 e. The number of aliphatic hydroxyl groups excluding tert-OH is 6. The molecule has 148 heavy (non-hydrogen) atoms. The van der Waals surface area contributed by atoms with Gasteiger partial charge in [0, 0.05) is 109 Å². The molecular formula is C106H140N6O36. The lowest BCUT2D eigenvalue weighted by molar-refractivity contribution is -0.346. The normalized spacial score (nSPS) is 26.9. The fraction of sp³-hybridized carbons (Fsp3) is 0.604. The molecular weight excluding hydrogens is 1930 g/mol. The van der Waals surface area contributed by atoms with Gasteiger partial charge in [0.1, 0.15) is 85.9 Å². The molecule has 0 radical (unpaired) electrons. The van der Waals surface area contributed by atoms with E-state index in [4.69, 9.17) is 71.1 Å². The number of benzene rings is 4. The number of fused-ring (bicyclic) bond motifs is 5. The first-order chi connectivity index (χ1) is 70.7. The maximum absolute atomic E-state index is 16.0. The molecule has 42 nitrogen and oxygen atoms in total. The molecule has 3 aliphatic heterocycles. The number of unbranched alkanes of at least 4 members (excludes halogenated alkanes) is 5. The summed E-state index contributed by atoms with van der Waals surface area (Å²) in [7, 11) is 2.54. The van der Waals surface area contributed by atoms with Crippen LogP contribution in [0.1, 0.15) is 214 Å². The molecule has 4 unspecified atom stereocenters. The van der Waals surface area contributed by atoms with Crippen LogP contribution in [0.25, 0.3) is 0 Å². The van der Waals surface area contributed by atoms with Gasteiger partial charge in [-0.25, -0.2) is 24.0 Å². The van der Waals surface area contributed by atoms with Crippen LogP contribution in [0.4, 0.5) is 4.79 Å². The summed E-state index contributed by atoms with van der Waals surface area (Å²) in [5.74, 6) is -13.6. The van der Waals surface area contributed by atoms with Crippen molar-refractivity contribution in [3.8, 4) is 0 Å². The van der Waals surface area contributed by atoms with Crippen LogP contribution in [-0.2, 0) is 143 Å². The van der Waals surface area contributed by atoms with Gasteiger partial charge in [-0.05, 0) is 120 Å². The van der Waals surface area contributed by atoms with Crippen LogP contribution >= 0.6 is 0 Å². The van der Waals surface area contributed by atoms with Crippen LogP contribution in [0.15, 0.2) is 139 Å². The van der Waals surface area contributed by atoms with Gasteiger partial charge in [0.05, 0.1) is 73.7 Å². The Balaban J connectivity index is 0.631. The first-order valence-electron chi connectivity index (χ1n) is 50.4.